The third-order valence-corrected chi connectivity index (χ3v) is 3.45. The van der Waals surface area contributed by atoms with E-state index in [1.54, 1.807) is 41.9 Å². The van der Waals surface area contributed by atoms with Gasteiger partial charge < -0.3 is 4.74 Å². The van der Waals surface area contributed by atoms with Crippen molar-refractivity contribution in [1.29, 1.82) is 0 Å². The number of amides is 1. The molecule has 2 aromatic heterocycles. The maximum atomic E-state index is 12.0. The van der Waals surface area contributed by atoms with Crippen molar-refractivity contribution in [3.05, 3.63) is 59.2 Å². The van der Waals surface area contributed by atoms with Crippen molar-refractivity contribution < 1.29 is 9.53 Å². The molecule has 1 aromatic carbocycles. The quantitative estimate of drug-likeness (QED) is 0.800. The predicted octanol–water partition coefficient (Wildman–Crippen LogP) is 3.29. The number of thiazole rings is 1. The number of carbonyl (C=O) groups excluding carboxylic acids is 1. The summed E-state index contributed by atoms with van der Waals surface area (Å²) in [5.74, 6) is 0.783. The summed E-state index contributed by atoms with van der Waals surface area (Å²) in [5, 5.41) is 12.9. The predicted molar refractivity (Wildman–Crippen MR) is 83.4 cm³/mol. The van der Waals surface area contributed by atoms with Crippen molar-refractivity contribution in [2.45, 2.75) is 6.92 Å². The fourth-order valence-corrected chi connectivity index (χ4v) is 2.21. The molecule has 1 amide bonds. The number of carbonyl (C=O) groups is 1. The molecule has 2 heterocycles. The van der Waals surface area contributed by atoms with Gasteiger partial charge in [-0.1, -0.05) is 0 Å². The molecule has 0 aliphatic heterocycles. The van der Waals surface area contributed by atoms with Crippen LogP contribution in [0.2, 0.25) is 0 Å². The maximum Gasteiger partial charge on any atom is 0.257 e. The van der Waals surface area contributed by atoms with Crippen LogP contribution in [0.5, 0.6) is 11.6 Å². The largest absolute Gasteiger partial charge is 0.438 e. The van der Waals surface area contributed by atoms with Gasteiger partial charge in [-0.15, -0.1) is 16.4 Å². The average molecular weight is 312 g/mol. The maximum absolute atomic E-state index is 12.0. The summed E-state index contributed by atoms with van der Waals surface area (Å²) in [6.07, 6.45) is 1.64. The smallest absolute Gasteiger partial charge is 0.257 e. The SMILES string of the molecule is Cc1ccc(Oc2ccc(C(=O)Nc3nccs3)cc2)nn1. The molecular weight excluding hydrogens is 300 g/mol. The van der Waals surface area contributed by atoms with Crippen molar-refractivity contribution in [3.8, 4) is 11.6 Å². The van der Waals surface area contributed by atoms with Crippen LogP contribution in [0.25, 0.3) is 0 Å². The highest BCUT2D eigenvalue weighted by Gasteiger charge is 2.08. The first-order chi connectivity index (χ1) is 10.7. The lowest BCUT2D eigenvalue weighted by Crippen LogP contribution is -2.11. The average Bonchev–Trinajstić information content (AvgIpc) is 3.03. The Morgan fingerprint density at radius 2 is 1.95 bits per heavy atom. The van der Waals surface area contributed by atoms with Gasteiger partial charge in [0.2, 0.25) is 5.88 Å². The Morgan fingerprint density at radius 1 is 1.14 bits per heavy atom. The van der Waals surface area contributed by atoms with Gasteiger partial charge in [-0.05, 0) is 37.3 Å². The number of rotatable bonds is 4. The standard InChI is InChI=1S/C15H12N4O2S/c1-10-2-7-13(19-18-10)21-12-5-3-11(4-6-12)14(20)17-15-16-8-9-22-15/h2-9H,1H3,(H,16,17,20). The van der Waals surface area contributed by atoms with E-state index in [9.17, 15) is 4.79 Å². The molecule has 110 valence electrons. The summed E-state index contributed by atoms with van der Waals surface area (Å²) in [4.78, 5) is 16.0. The van der Waals surface area contributed by atoms with Gasteiger partial charge in [0.05, 0.1) is 5.69 Å². The van der Waals surface area contributed by atoms with Crippen LogP contribution in [0, 0.1) is 6.92 Å². The van der Waals surface area contributed by atoms with Gasteiger partial charge in [-0.2, -0.15) is 5.10 Å². The second-order valence-corrected chi connectivity index (χ2v) is 5.33. The summed E-state index contributed by atoms with van der Waals surface area (Å²) in [6.45, 7) is 1.85. The van der Waals surface area contributed by atoms with Gasteiger partial charge in [0.15, 0.2) is 5.13 Å². The van der Waals surface area contributed by atoms with E-state index in [0.717, 1.165) is 5.69 Å². The lowest BCUT2D eigenvalue weighted by Gasteiger charge is -2.05. The molecule has 0 radical (unpaired) electrons. The van der Waals surface area contributed by atoms with E-state index in [2.05, 4.69) is 20.5 Å². The highest BCUT2D eigenvalue weighted by Crippen LogP contribution is 2.20. The Labute approximate surface area is 130 Å². The normalized spacial score (nSPS) is 10.2. The zero-order chi connectivity index (χ0) is 15.4. The van der Waals surface area contributed by atoms with Crippen molar-refractivity contribution in [1.82, 2.24) is 15.2 Å². The van der Waals surface area contributed by atoms with Crippen molar-refractivity contribution in [3.63, 3.8) is 0 Å². The van der Waals surface area contributed by atoms with Crippen LogP contribution in [0.15, 0.2) is 48.0 Å². The fraction of sp³-hybridized carbons (Fsp3) is 0.0667. The lowest BCUT2D eigenvalue weighted by atomic mass is 10.2. The van der Waals surface area contributed by atoms with E-state index in [1.165, 1.54) is 11.3 Å². The summed E-state index contributed by atoms with van der Waals surface area (Å²) in [7, 11) is 0. The molecule has 3 aromatic rings. The Balaban J connectivity index is 1.67. The van der Waals surface area contributed by atoms with E-state index in [4.69, 9.17) is 4.74 Å². The van der Waals surface area contributed by atoms with Crippen LogP contribution in [0.3, 0.4) is 0 Å². The van der Waals surface area contributed by atoms with Crippen LogP contribution in [0.1, 0.15) is 16.1 Å². The van der Waals surface area contributed by atoms with E-state index in [-0.39, 0.29) is 5.91 Å². The molecule has 1 N–H and O–H groups in total. The van der Waals surface area contributed by atoms with Gasteiger partial charge in [0, 0.05) is 23.2 Å². The molecule has 3 rings (SSSR count). The van der Waals surface area contributed by atoms with Gasteiger partial charge in [0.25, 0.3) is 5.91 Å². The highest BCUT2D eigenvalue weighted by atomic mass is 32.1. The summed E-state index contributed by atoms with van der Waals surface area (Å²) < 4.78 is 5.56. The van der Waals surface area contributed by atoms with Crippen LogP contribution in [-0.4, -0.2) is 21.1 Å². The van der Waals surface area contributed by atoms with Gasteiger partial charge in [0.1, 0.15) is 5.75 Å². The number of benzene rings is 1. The summed E-state index contributed by atoms with van der Waals surface area (Å²) >= 11 is 1.37. The molecule has 0 saturated carbocycles. The second-order valence-electron chi connectivity index (χ2n) is 4.43. The first kappa shape index (κ1) is 14.2. The first-order valence-corrected chi connectivity index (χ1v) is 7.38. The molecule has 0 saturated heterocycles. The fourth-order valence-electron chi connectivity index (χ4n) is 1.69. The molecule has 0 atom stereocenters. The number of hydrogen-bond donors (Lipinski definition) is 1. The number of ether oxygens (including phenoxy) is 1. The molecule has 6 nitrogen and oxygen atoms in total. The van der Waals surface area contributed by atoms with E-state index >= 15 is 0 Å². The Hall–Kier alpha value is -2.80. The van der Waals surface area contributed by atoms with Crippen LogP contribution in [-0.2, 0) is 0 Å². The molecule has 0 unspecified atom stereocenters. The Morgan fingerprint density at radius 3 is 2.59 bits per heavy atom. The van der Waals surface area contributed by atoms with Crippen molar-refractivity contribution >= 4 is 22.4 Å². The minimum Gasteiger partial charge on any atom is -0.438 e. The summed E-state index contributed by atoms with van der Waals surface area (Å²) in [6, 6.07) is 10.3. The third kappa shape index (κ3) is 3.44. The lowest BCUT2D eigenvalue weighted by molar-refractivity contribution is 0.102. The number of nitrogens with zero attached hydrogens (tertiary/aromatic N) is 3. The monoisotopic (exact) mass is 312 g/mol. The number of nitrogens with one attached hydrogen (secondary N) is 1. The number of hydrogen-bond acceptors (Lipinski definition) is 6. The number of aryl methyl sites for hydroxylation is 1. The van der Waals surface area contributed by atoms with Crippen molar-refractivity contribution in [2.75, 3.05) is 5.32 Å². The zero-order valence-corrected chi connectivity index (χ0v) is 12.5. The van der Waals surface area contributed by atoms with Crippen LogP contribution in [0.4, 0.5) is 5.13 Å². The molecule has 0 aliphatic carbocycles. The van der Waals surface area contributed by atoms with Gasteiger partial charge in [-0.3, -0.25) is 10.1 Å². The highest BCUT2D eigenvalue weighted by molar-refractivity contribution is 7.13. The van der Waals surface area contributed by atoms with Crippen LogP contribution < -0.4 is 10.1 Å². The van der Waals surface area contributed by atoms with Crippen molar-refractivity contribution in [2.24, 2.45) is 0 Å². The molecular formula is C15H12N4O2S. The molecule has 7 heteroatoms. The Kier molecular flexibility index (Phi) is 4.06. The second kappa shape index (κ2) is 6.31. The number of anilines is 1. The van der Waals surface area contributed by atoms with E-state index < -0.39 is 0 Å². The summed E-state index contributed by atoms with van der Waals surface area (Å²) in [5.41, 5.74) is 1.35. The van der Waals surface area contributed by atoms with E-state index in [0.29, 0.717) is 22.3 Å². The molecule has 0 bridgehead atoms. The molecule has 0 spiro atoms. The topological polar surface area (TPSA) is 77.0 Å². The zero-order valence-electron chi connectivity index (χ0n) is 11.7. The molecule has 0 fully saturated rings. The number of aromatic nitrogens is 3. The van der Waals surface area contributed by atoms with Crippen LogP contribution >= 0.6 is 11.3 Å². The Bertz CT molecular complexity index is 755. The minimum atomic E-state index is -0.211. The van der Waals surface area contributed by atoms with Gasteiger partial charge >= 0.3 is 0 Å². The van der Waals surface area contributed by atoms with Gasteiger partial charge in [-0.25, -0.2) is 4.98 Å². The first-order valence-electron chi connectivity index (χ1n) is 6.50. The molecule has 22 heavy (non-hydrogen) atoms. The minimum absolute atomic E-state index is 0.211. The van der Waals surface area contributed by atoms with E-state index in [1.807, 2.05) is 13.0 Å². The third-order valence-electron chi connectivity index (χ3n) is 2.77. The molecule has 0 aliphatic rings.